The van der Waals surface area contributed by atoms with E-state index in [0.29, 0.717) is 5.69 Å². The highest BCUT2D eigenvalue weighted by Crippen LogP contribution is 2.13. The first-order chi connectivity index (χ1) is 5.38. The number of nitrogens with two attached hydrogens (primary N) is 1. The molecular formula is C7H6N4. The van der Waals surface area contributed by atoms with Crippen LogP contribution in [0.25, 0.3) is 10.9 Å². The van der Waals surface area contributed by atoms with Crippen LogP contribution in [0.15, 0.2) is 24.9 Å². The van der Waals surface area contributed by atoms with E-state index in [1.54, 1.807) is 18.6 Å². The average molecular weight is 146 g/mol. The molecule has 0 aliphatic carbocycles. The Bertz CT molecular complexity index is 380. The summed E-state index contributed by atoms with van der Waals surface area (Å²) in [5.74, 6) is 0. The molecule has 0 atom stereocenters. The summed E-state index contributed by atoms with van der Waals surface area (Å²) in [6, 6.07) is 0. The molecule has 0 saturated heterocycles. The molecule has 2 N–H and O–H groups in total. The minimum absolute atomic E-state index is 0.588. The number of anilines is 1. The molecule has 4 nitrogen and oxygen atoms in total. The number of rotatable bonds is 0. The van der Waals surface area contributed by atoms with Crippen LogP contribution in [-0.2, 0) is 0 Å². The zero-order valence-electron chi connectivity index (χ0n) is 5.73. The van der Waals surface area contributed by atoms with E-state index in [-0.39, 0.29) is 0 Å². The second-order valence-corrected chi connectivity index (χ2v) is 2.19. The zero-order valence-corrected chi connectivity index (χ0v) is 5.73. The van der Waals surface area contributed by atoms with Crippen molar-refractivity contribution in [1.29, 1.82) is 0 Å². The van der Waals surface area contributed by atoms with E-state index < -0.39 is 0 Å². The standard InChI is InChI=1S/C7H6N4/c8-6-3-9-1-5-2-10-4-11-7(5)6/h1-4H,8H2. The lowest BCUT2D eigenvalue weighted by atomic mass is 10.3. The van der Waals surface area contributed by atoms with Crippen molar-refractivity contribution < 1.29 is 0 Å². The molecule has 11 heavy (non-hydrogen) atoms. The van der Waals surface area contributed by atoms with Crippen molar-refractivity contribution in [1.82, 2.24) is 15.0 Å². The minimum atomic E-state index is 0.588. The summed E-state index contributed by atoms with van der Waals surface area (Å²) in [6.45, 7) is 0. The van der Waals surface area contributed by atoms with Gasteiger partial charge in [-0.15, -0.1) is 0 Å². The van der Waals surface area contributed by atoms with Gasteiger partial charge in [-0.25, -0.2) is 9.97 Å². The molecule has 0 aromatic carbocycles. The predicted octanol–water partition coefficient (Wildman–Crippen LogP) is 0.607. The van der Waals surface area contributed by atoms with Gasteiger partial charge in [0.1, 0.15) is 6.33 Å². The third-order valence-electron chi connectivity index (χ3n) is 1.44. The highest BCUT2D eigenvalue weighted by atomic mass is 14.8. The molecule has 2 aromatic rings. The number of fused-ring (bicyclic) bond motifs is 1. The molecule has 0 radical (unpaired) electrons. The Hall–Kier alpha value is -1.71. The van der Waals surface area contributed by atoms with Gasteiger partial charge in [0, 0.05) is 17.8 Å². The van der Waals surface area contributed by atoms with Crippen molar-refractivity contribution >= 4 is 16.6 Å². The van der Waals surface area contributed by atoms with E-state index in [9.17, 15) is 0 Å². The van der Waals surface area contributed by atoms with Gasteiger partial charge in [-0.1, -0.05) is 0 Å². The van der Waals surface area contributed by atoms with Crippen LogP contribution in [0.3, 0.4) is 0 Å². The molecule has 0 bridgehead atoms. The van der Waals surface area contributed by atoms with Crippen LogP contribution in [0.5, 0.6) is 0 Å². The lowest BCUT2D eigenvalue weighted by molar-refractivity contribution is 1.21. The average Bonchev–Trinajstić information content (AvgIpc) is 2.06. The van der Waals surface area contributed by atoms with Crippen molar-refractivity contribution in [3.8, 4) is 0 Å². The molecule has 2 heterocycles. The number of nitrogens with zero attached hydrogens (tertiary/aromatic N) is 3. The quantitative estimate of drug-likeness (QED) is 0.591. The highest BCUT2D eigenvalue weighted by Gasteiger charge is 1.96. The molecular weight excluding hydrogens is 140 g/mol. The SMILES string of the molecule is Nc1cncc2cncnc12. The lowest BCUT2D eigenvalue weighted by Crippen LogP contribution is -1.90. The monoisotopic (exact) mass is 146 g/mol. The lowest BCUT2D eigenvalue weighted by Gasteiger charge is -1.96. The van der Waals surface area contributed by atoms with Gasteiger partial charge in [-0.2, -0.15) is 0 Å². The summed E-state index contributed by atoms with van der Waals surface area (Å²) in [6.07, 6.45) is 6.42. The maximum absolute atomic E-state index is 5.60. The van der Waals surface area contributed by atoms with Gasteiger partial charge in [0.25, 0.3) is 0 Å². The van der Waals surface area contributed by atoms with Gasteiger partial charge < -0.3 is 5.73 Å². The van der Waals surface area contributed by atoms with Gasteiger partial charge in [0.05, 0.1) is 17.4 Å². The van der Waals surface area contributed by atoms with Gasteiger partial charge in [-0.05, 0) is 0 Å². The van der Waals surface area contributed by atoms with E-state index >= 15 is 0 Å². The Labute approximate surface area is 63.1 Å². The molecule has 0 unspecified atom stereocenters. The van der Waals surface area contributed by atoms with Gasteiger partial charge in [0.15, 0.2) is 0 Å². The van der Waals surface area contributed by atoms with Crippen molar-refractivity contribution in [3.05, 3.63) is 24.9 Å². The smallest absolute Gasteiger partial charge is 0.116 e. The number of hydrogen-bond acceptors (Lipinski definition) is 4. The molecule has 0 saturated carbocycles. The first-order valence-electron chi connectivity index (χ1n) is 3.17. The van der Waals surface area contributed by atoms with Crippen LogP contribution in [0, 0.1) is 0 Å². The largest absolute Gasteiger partial charge is 0.396 e. The molecule has 2 rings (SSSR count). The van der Waals surface area contributed by atoms with Crippen molar-refractivity contribution in [2.45, 2.75) is 0 Å². The summed E-state index contributed by atoms with van der Waals surface area (Å²) >= 11 is 0. The second kappa shape index (κ2) is 2.16. The Morgan fingerprint density at radius 2 is 1.91 bits per heavy atom. The Balaban J connectivity index is 2.91. The fourth-order valence-electron chi connectivity index (χ4n) is 0.935. The Morgan fingerprint density at radius 1 is 1.09 bits per heavy atom. The normalized spacial score (nSPS) is 10.2. The molecule has 0 amide bonds. The van der Waals surface area contributed by atoms with Crippen molar-refractivity contribution in [2.24, 2.45) is 0 Å². The van der Waals surface area contributed by atoms with Crippen LogP contribution in [0.1, 0.15) is 0 Å². The maximum Gasteiger partial charge on any atom is 0.116 e. The first kappa shape index (κ1) is 6.03. The van der Waals surface area contributed by atoms with Gasteiger partial charge in [-0.3, -0.25) is 4.98 Å². The number of hydrogen-bond donors (Lipinski definition) is 1. The van der Waals surface area contributed by atoms with Gasteiger partial charge >= 0.3 is 0 Å². The van der Waals surface area contributed by atoms with Crippen molar-refractivity contribution in [3.63, 3.8) is 0 Å². The topological polar surface area (TPSA) is 64.7 Å². The van der Waals surface area contributed by atoms with Crippen LogP contribution in [0.2, 0.25) is 0 Å². The highest BCUT2D eigenvalue weighted by molar-refractivity contribution is 5.86. The third-order valence-corrected chi connectivity index (χ3v) is 1.44. The fourth-order valence-corrected chi connectivity index (χ4v) is 0.935. The molecule has 0 fully saturated rings. The molecule has 0 aliphatic rings. The predicted molar refractivity (Wildman–Crippen MR) is 41.7 cm³/mol. The summed E-state index contributed by atoms with van der Waals surface area (Å²) < 4.78 is 0. The second-order valence-electron chi connectivity index (χ2n) is 2.19. The van der Waals surface area contributed by atoms with E-state index in [1.165, 1.54) is 6.33 Å². The van der Waals surface area contributed by atoms with E-state index in [0.717, 1.165) is 10.9 Å². The number of aromatic nitrogens is 3. The minimum Gasteiger partial charge on any atom is -0.396 e. The summed E-state index contributed by atoms with van der Waals surface area (Å²) in [7, 11) is 0. The van der Waals surface area contributed by atoms with Crippen LogP contribution >= 0.6 is 0 Å². The van der Waals surface area contributed by atoms with E-state index in [2.05, 4.69) is 15.0 Å². The Kier molecular flexibility index (Phi) is 1.18. The van der Waals surface area contributed by atoms with Crippen LogP contribution < -0.4 is 5.73 Å². The molecule has 2 aromatic heterocycles. The molecule has 54 valence electrons. The van der Waals surface area contributed by atoms with E-state index in [1.807, 2.05) is 0 Å². The third kappa shape index (κ3) is 0.881. The van der Waals surface area contributed by atoms with Crippen LogP contribution in [0.4, 0.5) is 5.69 Å². The first-order valence-corrected chi connectivity index (χ1v) is 3.17. The molecule has 0 aliphatic heterocycles. The number of pyridine rings is 1. The fraction of sp³-hybridized carbons (Fsp3) is 0. The zero-order chi connectivity index (χ0) is 7.68. The van der Waals surface area contributed by atoms with Crippen molar-refractivity contribution in [2.75, 3.05) is 5.73 Å². The van der Waals surface area contributed by atoms with Crippen LogP contribution in [-0.4, -0.2) is 15.0 Å². The summed E-state index contributed by atoms with van der Waals surface area (Å²) in [5, 5.41) is 0.868. The summed E-state index contributed by atoms with van der Waals surface area (Å²) in [4.78, 5) is 11.8. The summed E-state index contributed by atoms with van der Waals surface area (Å²) in [5.41, 5.74) is 6.95. The molecule has 4 heteroatoms. The maximum atomic E-state index is 5.60. The molecule has 0 spiro atoms. The van der Waals surface area contributed by atoms with E-state index in [4.69, 9.17) is 5.73 Å². The number of nitrogen functional groups attached to an aromatic ring is 1. The van der Waals surface area contributed by atoms with Gasteiger partial charge in [0.2, 0.25) is 0 Å². The Morgan fingerprint density at radius 3 is 2.73 bits per heavy atom.